The van der Waals surface area contributed by atoms with Gasteiger partial charge in [-0.15, -0.1) is 0 Å². The van der Waals surface area contributed by atoms with E-state index in [9.17, 15) is 4.79 Å². The highest BCUT2D eigenvalue weighted by molar-refractivity contribution is 5.79. The summed E-state index contributed by atoms with van der Waals surface area (Å²) in [7, 11) is 0. The molecule has 0 spiro atoms. The Morgan fingerprint density at radius 2 is 1.76 bits per heavy atom. The normalized spacial score (nSPS) is 10.6. The van der Waals surface area contributed by atoms with E-state index in [0.29, 0.717) is 13.0 Å². The van der Waals surface area contributed by atoms with E-state index in [2.05, 4.69) is 19.9 Å². The van der Waals surface area contributed by atoms with E-state index in [1.165, 1.54) is 0 Å². The van der Waals surface area contributed by atoms with Crippen LogP contribution in [0.2, 0.25) is 0 Å². The van der Waals surface area contributed by atoms with E-state index in [0.717, 1.165) is 25.7 Å². The van der Waals surface area contributed by atoms with Crippen LogP contribution in [-0.2, 0) is 4.79 Å². The van der Waals surface area contributed by atoms with Gasteiger partial charge in [0.05, 0.1) is 12.5 Å². The van der Waals surface area contributed by atoms with Crippen molar-refractivity contribution in [3.8, 4) is 6.07 Å². The van der Waals surface area contributed by atoms with E-state index < -0.39 is 0 Å². The first-order valence-electron chi connectivity index (χ1n) is 6.75. The Bertz CT molecular complexity index is 249. The Labute approximate surface area is 106 Å². The zero-order valence-electron chi connectivity index (χ0n) is 11.7. The molecule has 0 aliphatic carbocycles. The predicted molar refractivity (Wildman–Crippen MR) is 70.4 cm³/mol. The molecule has 0 rings (SSSR count). The van der Waals surface area contributed by atoms with Crippen LogP contribution >= 0.6 is 0 Å². The van der Waals surface area contributed by atoms with E-state index in [4.69, 9.17) is 5.26 Å². The van der Waals surface area contributed by atoms with Crippen molar-refractivity contribution < 1.29 is 4.79 Å². The van der Waals surface area contributed by atoms with Crippen molar-refractivity contribution in [2.45, 2.75) is 65.8 Å². The molecule has 98 valence electrons. The molecule has 3 nitrogen and oxygen atoms in total. The fourth-order valence-electron chi connectivity index (χ4n) is 2.12. The molecule has 0 aliphatic heterocycles. The van der Waals surface area contributed by atoms with Crippen LogP contribution in [-0.4, -0.2) is 23.4 Å². The van der Waals surface area contributed by atoms with Gasteiger partial charge >= 0.3 is 0 Å². The van der Waals surface area contributed by atoms with Crippen molar-refractivity contribution in [1.82, 2.24) is 4.90 Å². The van der Waals surface area contributed by atoms with Gasteiger partial charge in [0.1, 0.15) is 0 Å². The molecule has 0 N–H and O–H groups in total. The fourth-order valence-corrected chi connectivity index (χ4v) is 2.12. The summed E-state index contributed by atoms with van der Waals surface area (Å²) in [4.78, 5) is 14.2. The quantitative estimate of drug-likeness (QED) is 0.651. The average molecular weight is 238 g/mol. The van der Waals surface area contributed by atoms with Gasteiger partial charge in [0.25, 0.3) is 0 Å². The molecule has 1 amide bonds. The summed E-state index contributed by atoms with van der Waals surface area (Å²) in [6, 6.07) is 2.30. The third kappa shape index (κ3) is 5.72. The molecule has 0 aromatic carbocycles. The lowest BCUT2D eigenvalue weighted by Gasteiger charge is -2.30. The van der Waals surface area contributed by atoms with Crippen molar-refractivity contribution in [2.75, 3.05) is 6.54 Å². The zero-order valence-corrected chi connectivity index (χ0v) is 11.7. The van der Waals surface area contributed by atoms with Crippen LogP contribution in [0.25, 0.3) is 0 Å². The van der Waals surface area contributed by atoms with Crippen LogP contribution in [0.4, 0.5) is 0 Å². The maximum Gasteiger partial charge on any atom is 0.225 e. The molecule has 0 heterocycles. The summed E-state index contributed by atoms with van der Waals surface area (Å²) in [6.45, 7) is 8.83. The number of nitrogens with zero attached hydrogens (tertiary/aromatic N) is 2. The number of hydrogen-bond donors (Lipinski definition) is 0. The minimum absolute atomic E-state index is 0.145. The van der Waals surface area contributed by atoms with E-state index in [-0.39, 0.29) is 17.9 Å². The molecule has 0 bridgehead atoms. The van der Waals surface area contributed by atoms with E-state index >= 15 is 0 Å². The summed E-state index contributed by atoms with van der Waals surface area (Å²) in [6.07, 6.45) is 4.43. The van der Waals surface area contributed by atoms with Crippen LogP contribution < -0.4 is 0 Å². The van der Waals surface area contributed by atoms with Gasteiger partial charge in [-0.1, -0.05) is 26.7 Å². The van der Waals surface area contributed by atoms with Crippen molar-refractivity contribution in [3.05, 3.63) is 0 Å². The van der Waals surface area contributed by atoms with Gasteiger partial charge in [-0.25, -0.2) is 0 Å². The number of rotatable bonds is 8. The molecule has 0 fully saturated rings. The lowest BCUT2D eigenvalue weighted by molar-refractivity contribution is -0.137. The maximum atomic E-state index is 12.4. The lowest BCUT2D eigenvalue weighted by atomic mass is 9.96. The highest BCUT2D eigenvalue weighted by Gasteiger charge is 2.24. The Balaban J connectivity index is 4.59. The molecule has 0 unspecified atom stereocenters. The largest absolute Gasteiger partial charge is 0.339 e. The summed E-state index contributed by atoms with van der Waals surface area (Å²) in [5, 5.41) is 8.64. The molecule has 0 atom stereocenters. The zero-order chi connectivity index (χ0) is 13.3. The van der Waals surface area contributed by atoms with Gasteiger partial charge in [0.15, 0.2) is 0 Å². The maximum absolute atomic E-state index is 12.4. The van der Waals surface area contributed by atoms with Crippen molar-refractivity contribution >= 4 is 5.91 Å². The van der Waals surface area contributed by atoms with Crippen LogP contribution in [0, 0.1) is 17.2 Å². The van der Waals surface area contributed by atoms with E-state index in [1.807, 2.05) is 18.7 Å². The van der Waals surface area contributed by atoms with Gasteiger partial charge in [-0.2, -0.15) is 5.26 Å². The van der Waals surface area contributed by atoms with Gasteiger partial charge in [0.2, 0.25) is 5.91 Å². The molecule has 0 aromatic heterocycles. The average Bonchev–Trinajstić information content (AvgIpc) is 2.28. The Kier molecular flexibility index (Phi) is 8.49. The van der Waals surface area contributed by atoms with Crippen LogP contribution in [0.3, 0.4) is 0 Å². The number of hydrogen-bond acceptors (Lipinski definition) is 2. The molecular formula is C14H26N2O. The molecule has 0 aliphatic rings. The number of carbonyl (C=O) groups is 1. The molecular weight excluding hydrogens is 212 g/mol. The second-order valence-electron chi connectivity index (χ2n) is 4.81. The molecule has 0 aromatic rings. The van der Waals surface area contributed by atoms with Gasteiger partial charge in [-0.3, -0.25) is 4.79 Å². The Morgan fingerprint density at radius 3 is 2.12 bits per heavy atom. The number of amides is 1. The first kappa shape index (κ1) is 16.0. The van der Waals surface area contributed by atoms with Crippen molar-refractivity contribution in [3.63, 3.8) is 0 Å². The van der Waals surface area contributed by atoms with Gasteiger partial charge < -0.3 is 4.90 Å². The minimum Gasteiger partial charge on any atom is -0.339 e. The van der Waals surface area contributed by atoms with Gasteiger partial charge in [-0.05, 0) is 26.7 Å². The highest BCUT2D eigenvalue weighted by atomic mass is 16.2. The Hall–Kier alpha value is -1.04. The number of carbonyl (C=O) groups excluding carboxylic acids is 1. The standard InChI is InChI=1S/C14H26N2O/c1-5-8-13(9-6-2)14(17)16(12(3)4)11-7-10-15/h12-13H,5-9,11H2,1-4H3. The predicted octanol–water partition coefficient (Wildman–Crippen LogP) is 3.35. The topological polar surface area (TPSA) is 44.1 Å². The fraction of sp³-hybridized carbons (Fsp3) is 0.857. The summed E-state index contributed by atoms with van der Waals surface area (Å²) in [5.74, 6) is 0.380. The lowest BCUT2D eigenvalue weighted by Crippen LogP contribution is -2.41. The summed E-state index contributed by atoms with van der Waals surface area (Å²) in [5.41, 5.74) is 0. The molecule has 0 saturated heterocycles. The second kappa shape index (κ2) is 9.04. The third-order valence-electron chi connectivity index (χ3n) is 2.99. The summed E-state index contributed by atoms with van der Waals surface area (Å²) < 4.78 is 0. The molecule has 0 radical (unpaired) electrons. The van der Waals surface area contributed by atoms with Crippen molar-refractivity contribution in [1.29, 1.82) is 5.26 Å². The highest BCUT2D eigenvalue weighted by Crippen LogP contribution is 2.18. The summed E-state index contributed by atoms with van der Waals surface area (Å²) >= 11 is 0. The van der Waals surface area contributed by atoms with Gasteiger partial charge in [0, 0.05) is 18.5 Å². The van der Waals surface area contributed by atoms with Crippen LogP contribution in [0.5, 0.6) is 0 Å². The van der Waals surface area contributed by atoms with Crippen LogP contribution in [0.1, 0.15) is 59.8 Å². The second-order valence-corrected chi connectivity index (χ2v) is 4.81. The van der Waals surface area contributed by atoms with Crippen molar-refractivity contribution in [2.24, 2.45) is 5.92 Å². The van der Waals surface area contributed by atoms with E-state index in [1.54, 1.807) is 0 Å². The molecule has 0 saturated carbocycles. The SMILES string of the molecule is CCCC(CCC)C(=O)N(CCC#N)C(C)C. The van der Waals surface area contributed by atoms with Crippen LogP contribution in [0.15, 0.2) is 0 Å². The smallest absolute Gasteiger partial charge is 0.225 e. The molecule has 17 heavy (non-hydrogen) atoms. The number of nitriles is 1. The molecule has 3 heteroatoms. The first-order chi connectivity index (χ1) is 8.08. The Morgan fingerprint density at radius 1 is 1.24 bits per heavy atom. The minimum atomic E-state index is 0.145. The first-order valence-corrected chi connectivity index (χ1v) is 6.75. The third-order valence-corrected chi connectivity index (χ3v) is 2.99. The monoisotopic (exact) mass is 238 g/mol.